The molecule has 1 aliphatic heterocycles. The summed E-state index contributed by atoms with van der Waals surface area (Å²) >= 11 is 14.0. The van der Waals surface area contributed by atoms with Crippen LogP contribution >= 0.6 is 34.5 Å². The second-order valence-corrected chi connectivity index (χ2v) is 9.33. The van der Waals surface area contributed by atoms with Gasteiger partial charge in [0, 0.05) is 37.7 Å². The van der Waals surface area contributed by atoms with Crippen molar-refractivity contribution in [1.82, 2.24) is 9.88 Å². The Hall–Kier alpha value is -2.06. The van der Waals surface area contributed by atoms with Crippen molar-refractivity contribution in [3.05, 3.63) is 52.0 Å². The van der Waals surface area contributed by atoms with E-state index in [2.05, 4.69) is 9.80 Å². The van der Waals surface area contributed by atoms with E-state index in [4.69, 9.17) is 38.0 Å². The van der Waals surface area contributed by atoms with Gasteiger partial charge in [-0.1, -0.05) is 40.6 Å². The lowest BCUT2D eigenvalue weighted by molar-refractivity contribution is -0.136. The first kappa shape index (κ1) is 22.1. The first-order valence-corrected chi connectivity index (χ1v) is 11.7. The van der Waals surface area contributed by atoms with Crippen LogP contribution in [0.4, 0.5) is 5.13 Å². The Morgan fingerprint density at radius 2 is 2.00 bits per heavy atom. The highest BCUT2D eigenvalue weighted by Gasteiger charge is 2.18. The number of aromatic nitrogens is 1. The van der Waals surface area contributed by atoms with Gasteiger partial charge in [0.05, 0.1) is 21.7 Å². The number of rotatable bonds is 7. The van der Waals surface area contributed by atoms with Crippen molar-refractivity contribution in [2.45, 2.75) is 12.8 Å². The molecule has 0 amide bonds. The van der Waals surface area contributed by atoms with Crippen molar-refractivity contribution in [2.24, 2.45) is 0 Å². The minimum atomic E-state index is -0.876. The summed E-state index contributed by atoms with van der Waals surface area (Å²) in [5, 5.41) is 11.2. The number of carbonyl (C=O) groups is 1. The van der Waals surface area contributed by atoms with E-state index in [1.54, 1.807) is 29.5 Å². The summed E-state index contributed by atoms with van der Waals surface area (Å²) in [5.74, 6) is -0.344. The zero-order valence-corrected chi connectivity index (χ0v) is 19.2. The summed E-state index contributed by atoms with van der Waals surface area (Å²) in [7, 11) is 0. The van der Waals surface area contributed by atoms with Crippen LogP contribution in [0.3, 0.4) is 0 Å². The van der Waals surface area contributed by atoms with Crippen molar-refractivity contribution < 1.29 is 14.6 Å². The molecule has 0 radical (unpaired) electrons. The topological polar surface area (TPSA) is 65.9 Å². The van der Waals surface area contributed by atoms with Crippen LogP contribution in [0.5, 0.6) is 5.75 Å². The van der Waals surface area contributed by atoms with Crippen molar-refractivity contribution in [2.75, 3.05) is 44.2 Å². The zero-order valence-electron chi connectivity index (χ0n) is 16.9. The van der Waals surface area contributed by atoms with Crippen molar-refractivity contribution in [1.29, 1.82) is 0 Å². The summed E-state index contributed by atoms with van der Waals surface area (Å²) in [6.45, 7) is 5.06. The van der Waals surface area contributed by atoms with E-state index < -0.39 is 5.97 Å². The second kappa shape index (κ2) is 10.0. The van der Waals surface area contributed by atoms with Gasteiger partial charge in [0.25, 0.3) is 0 Å². The normalized spacial score (nSPS) is 15.2. The zero-order chi connectivity index (χ0) is 21.8. The van der Waals surface area contributed by atoms with Crippen LogP contribution in [-0.2, 0) is 11.2 Å². The highest BCUT2D eigenvalue weighted by atomic mass is 35.5. The molecule has 2 aromatic carbocycles. The van der Waals surface area contributed by atoms with Crippen molar-refractivity contribution in [3.63, 3.8) is 0 Å². The molecule has 0 unspecified atom stereocenters. The molecule has 0 saturated carbocycles. The quantitative estimate of drug-likeness (QED) is 0.523. The third-order valence-corrected chi connectivity index (χ3v) is 6.84. The van der Waals surface area contributed by atoms with Crippen molar-refractivity contribution in [3.8, 4) is 5.75 Å². The van der Waals surface area contributed by atoms with Gasteiger partial charge in [0.2, 0.25) is 0 Å². The molecule has 1 aliphatic rings. The maximum absolute atomic E-state index is 10.9. The van der Waals surface area contributed by atoms with Gasteiger partial charge in [-0.15, -0.1) is 0 Å². The average Bonchev–Trinajstić information content (AvgIpc) is 3.00. The van der Waals surface area contributed by atoms with E-state index in [0.717, 1.165) is 59.5 Å². The summed E-state index contributed by atoms with van der Waals surface area (Å²) in [6.07, 6.45) is 0.999. The molecule has 0 atom stereocenters. The molecule has 3 aromatic rings. The van der Waals surface area contributed by atoms with Crippen LogP contribution in [0.15, 0.2) is 36.4 Å². The predicted molar refractivity (Wildman–Crippen MR) is 126 cm³/mol. The monoisotopic (exact) mass is 479 g/mol. The number of anilines is 1. The molecule has 4 rings (SSSR count). The van der Waals surface area contributed by atoms with Crippen LogP contribution in [0.2, 0.25) is 10.0 Å². The Labute approximate surface area is 195 Å². The molecule has 1 fully saturated rings. The minimum Gasteiger partial charge on any atom is -0.491 e. The molecular weight excluding hydrogens is 457 g/mol. The number of halogens is 2. The van der Waals surface area contributed by atoms with Crippen molar-refractivity contribution >= 4 is 55.9 Å². The Balaban J connectivity index is 1.31. The number of hydrogen-bond donors (Lipinski definition) is 1. The predicted octanol–water partition coefficient (Wildman–Crippen LogP) is 4.82. The molecule has 9 heteroatoms. The standard InChI is InChI=1S/C22H23Cl2N3O3S/c23-16-3-5-18-20(14-16)31-22(25-18)27-7-1-6-26(8-9-27)10-11-30-19-12-15(13-21(28)29)2-4-17(19)24/h2-5,12,14H,1,6-11,13H2,(H,28,29). The summed E-state index contributed by atoms with van der Waals surface area (Å²) in [6, 6.07) is 10.9. The van der Waals surface area contributed by atoms with E-state index in [9.17, 15) is 4.79 Å². The molecule has 1 saturated heterocycles. The van der Waals surface area contributed by atoms with E-state index in [1.165, 1.54) is 0 Å². The number of carboxylic acids is 1. The number of fused-ring (bicyclic) bond motifs is 1. The highest BCUT2D eigenvalue weighted by molar-refractivity contribution is 7.22. The van der Waals surface area contributed by atoms with Gasteiger partial charge >= 0.3 is 5.97 Å². The number of aliphatic carboxylic acids is 1. The van der Waals surface area contributed by atoms with E-state index in [1.807, 2.05) is 18.2 Å². The Morgan fingerprint density at radius 3 is 2.84 bits per heavy atom. The minimum absolute atomic E-state index is 0.0482. The number of hydrogen-bond acceptors (Lipinski definition) is 6. The maximum Gasteiger partial charge on any atom is 0.307 e. The van der Waals surface area contributed by atoms with E-state index in [0.29, 0.717) is 22.9 Å². The maximum atomic E-state index is 10.9. The lowest BCUT2D eigenvalue weighted by Gasteiger charge is -2.21. The third kappa shape index (κ3) is 5.80. The third-order valence-electron chi connectivity index (χ3n) is 5.21. The van der Waals surface area contributed by atoms with Crippen LogP contribution in [0.25, 0.3) is 10.2 Å². The smallest absolute Gasteiger partial charge is 0.307 e. The summed E-state index contributed by atoms with van der Waals surface area (Å²) in [4.78, 5) is 20.4. The lowest BCUT2D eigenvalue weighted by Crippen LogP contribution is -2.33. The number of benzene rings is 2. The number of nitrogens with zero attached hydrogens (tertiary/aromatic N) is 3. The first-order valence-electron chi connectivity index (χ1n) is 10.1. The molecule has 0 bridgehead atoms. The molecule has 0 spiro atoms. The molecule has 0 aliphatic carbocycles. The molecule has 2 heterocycles. The van der Waals surface area contributed by atoms with Gasteiger partial charge in [-0.3, -0.25) is 9.69 Å². The number of ether oxygens (including phenoxy) is 1. The van der Waals surface area contributed by atoms with Gasteiger partial charge in [-0.2, -0.15) is 0 Å². The molecule has 31 heavy (non-hydrogen) atoms. The fourth-order valence-corrected chi connectivity index (χ4v) is 5.10. The SMILES string of the molecule is O=C(O)Cc1ccc(Cl)c(OCCN2CCCN(c3nc4ccc(Cl)cc4s3)CC2)c1. The summed E-state index contributed by atoms with van der Waals surface area (Å²) < 4.78 is 6.97. The van der Waals surface area contributed by atoms with E-state index >= 15 is 0 Å². The fraction of sp³-hybridized carbons (Fsp3) is 0.364. The van der Waals surface area contributed by atoms with Gasteiger partial charge in [-0.05, 0) is 42.3 Å². The van der Waals surface area contributed by atoms with Gasteiger partial charge < -0.3 is 14.7 Å². The molecule has 1 N–H and O–H groups in total. The lowest BCUT2D eigenvalue weighted by atomic mass is 10.1. The van der Waals surface area contributed by atoms with Gasteiger partial charge in [0.15, 0.2) is 5.13 Å². The van der Waals surface area contributed by atoms with Crippen LogP contribution in [0.1, 0.15) is 12.0 Å². The van der Waals surface area contributed by atoms with Gasteiger partial charge in [0.1, 0.15) is 12.4 Å². The Kier molecular flexibility index (Phi) is 7.17. The average molecular weight is 480 g/mol. The van der Waals surface area contributed by atoms with E-state index in [-0.39, 0.29) is 6.42 Å². The van der Waals surface area contributed by atoms with Gasteiger partial charge in [-0.25, -0.2) is 4.98 Å². The number of thiazole rings is 1. The van der Waals surface area contributed by atoms with Crippen LogP contribution in [0, 0.1) is 0 Å². The van der Waals surface area contributed by atoms with Crippen LogP contribution < -0.4 is 9.64 Å². The van der Waals surface area contributed by atoms with Crippen LogP contribution in [-0.4, -0.2) is 60.3 Å². The fourth-order valence-electron chi connectivity index (χ4n) is 3.64. The molecule has 1 aromatic heterocycles. The summed E-state index contributed by atoms with van der Waals surface area (Å²) in [5.41, 5.74) is 1.66. The second-order valence-electron chi connectivity index (χ2n) is 7.47. The molecular formula is C22H23Cl2N3O3S. The molecule has 6 nitrogen and oxygen atoms in total. The Bertz CT molecular complexity index is 1080. The Morgan fingerprint density at radius 1 is 1.13 bits per heavy atom. The first-order chi connectivity index (χ1) is 15.0. The highest BCUT2D eigenvalue weighted by Crippen LogP contribution is 2.31. The number of carboxylic acid groups (broad SMARTS) is 1. The molecule has 164 valence electrons. The largest absolute Gasteiger partial charge is 0.491 e.